The van der Waals surface area contributed by atoms with Crippen molar-refractivity contribution in [2.24, 2.45) is 5.73 Å². The van der Waals surface area contributed by atoms with E-state index in [9.17, 15) is 0 Å². The molecule has 0 aliphatic heterocycles. The van der Waals surface area contributed by atoms with E-state index in [2.05, 4.69) is 4.98 Å². The fourth-order valence-corrected chi connectivity index (χ4v) is 1.03. The lowest BCUT2D eigenvalue weighted by Gasteiger charge is -2.04. The van der Waals surface area contributed by atoms with E-state index in [-0.39, 0.29) is 0 Å². The van der Waals surface area contributed by atoms with Gasteiger partial charge in [-0.1, -0.05) is 11.6 Å². The average Bonchev–Trinajstić information content (AvgIpc) is 2.05. The van der Waals surface area contributed by atoms with Crippen molar-refractivity contribution in [2.45, 2.75) is 6.54 Å². The molecule has 0 saturated carbocycles. The summed E-state index contributed by atoms with van der Waals surface area (Å²) in [5.74, 6) is 0.426. The van der Waals surface area contributed by atoms with Gasteiger partial charge < -0.3 is 10.5 Å². The average molecular weight is 173 g/mol. The monoisotopic (exact) mass is 172 g/mol. The third-order valence-corrected chi connectivity index (χ3v) is 1.75. The molecule has 2 N–H and O–H groups in total. The minimum absolute atomic E-state index is 0.401. The van der Waals surface area contributed by atoms with Crippen LogP contribution in [0.1, 0.15) is 5.56 Å². The van der Waals surface area contributed by atoms with E-state index in [4.69, 9.17) is 22.1 Å². The predicted molar refractivity (Wildman–Crippen MR) is 43.7 cm³/mol. The van der Waals surface area contributed by atoms with Crippen molar-refractivity contribution < 1.29 is 4.74 Å². The molecule has 0 aliphatic carbocycles. The maximum atomic E-state index is 5.84. The lowest BCUT2D eigenvalue weighted by Crippen LogP contribution is -1.99. The molecule has 0 radical (unpaired) electrons. The summed E-state index contributed by atoms with van der Waals surface area (Å²) in [5.41, 5.74) is 6.25. The largest absolute Gasteiger partial charge is 0.480 e. The number of pyridine rings is 1. The Bertz CT molecular complexity index is 230. The van der Waals surface area contributed by atoms with E-state index in [1.165, 1.54) is 7.11 Å². The summed E-state index contributed by atoms with van der Waals surface area (Å²) in [6.07, 6.45) is 1.62. The second-order valence-corrected chi connectivity index (χ2v) is 2.38. The highest BCUT2D eigenvalue weighted by Gasteiger charge is 2.04. The second-order valence-electron chi connectivity index (χ2n) is 2.00. The fraction of sp³-hybridized carbons (Fsp3) is 0.286. The normalized spacial score (nSPS) is 9.73. The third kappa shape index (κ3) is 1.61. The van der Waals surface area contributed by atoms with Crippen molar-refractivity contribution in [1.82, 2.24) is 4.98 Å². The maximum absolute atomic E-state index is 5.84. The van der Waals surface area contributed by atoms with E-state index in [0.29, 0.717) is 17.4 Å². The molecular weight excluding hydrogens is 164 g/mol. The molecule has 0 atom stereocenters. The van der Waals surface area contributed by atoms with Crippen LogP contribution in [0.5, 0.6) is 5.88 Å². The van der Waals surface area contributed by atoms with Crippen LogP contribution in [0.4, 0.5) is 0 Å². The topological polar surface area (TPSA) is 48.1 Å². The molecule has 0 aromatic carbocycles. The molecular formula is C7H9ClN2O. The van der Waals surface area contributed by atoms with Crippen LogP contribution in [0, 0.1) is 0 Å². The zero-order chi connectivity index (χ0) is 8.27. The van der Waals surface area contributed by atoms with Gasteiger partial charge in [-0.15, -0.1) is 0 Å². The van der Waals surface area contributed by atoms with Crippen LogP contribution in [0.2, 0.25) is 5.02 Å². The summed E-state index contributed by atoms with van der Waals surface area (Å²) in [6, 6.07) is 1.77. The van der Waals surface area contributed by atoms with Gasteiger partial charge in [0.05, 0.1) is 7.11 Å². The number of nitrogens with zero attached hydrogens (tertiary/aromatic N) is 1. The van der Waals surface area contributed by atoms with Gasteiger partial charge in [-0.25, -0.2) is 4.98 Å². The van der Waals surface area contributed by atoms with E-state index >= 15 is 0 Å². The molecule has 1 rings (SSSR count). The third-order valence-electron chi connectivity index (χ3n) is 1.35. The summed E-state index contributed by atoms with van der Waals surface area (Å²) >= 11 is 5.84. The Hall–Kier alpha value is -0.800. The van der Waals surface area contributed by atoms with Gasteiger partial charge in [-0.3, -0.25) is 0 Å². The molecule has 1 aromatic rings. The summed E-state index contributed by atoms with van der Waals surface area (Å²) in [4.78, 5) is 3.90. The molecule has 3 nitrogen and oxygen atoms in total. The van der Waals surface area contributed by atoms with Crippen molar-refractivity contribution in [3.05, 3.63) is 22.8 Å². The Morgan fingerprint density at radius 1 is 1.73 bits per heavy atom. The first-order chi connectivity index (χ1) is 5.29. The zero-order valence-corrected chi connectivity index (χ0v) is 6.93. The quantitative estimate of drug-likeness (QED) is 0.730. The summed E-state index contributed by atoms with van der Waals surface area (Å²) < 4.78 is 4.89. The molecule has 0 saturated heterocycles. The van der Waals surface area contributed by atoms with Gasteiger partial charge in [-0.05, 0) is 11.6 Å². The highest BCUT2D eigenvalue weighted by molar-refractivity contribution is 6.32. The van der Waals surface area contributed by atoms with Crippen LogP contribution in [-0.4, -0.2) is 12.1 Å². The van der Waals surface area contributed by atoms with E-state index < -0.39 is 0 Å². The molecule has 0 aliphatic rings. The van der Waals surface area contributed by atoms with Crippen molar-refractivity contribution >= 4 is 11.6 Å². The Morgan fingerprint density at radius 2 is 2.45 bits per heavy atom. The molecule has 0 fully saturated rings. The Balaban J connectivity index is 3.10. The summed E-state index contributed by atoms with van der Waals surface area (Å²) in [5, 5.41) is 0.498. The van der Waals surface area contributed by atoms with E-state index in [1.807, 2.05) is 0 Å². The number of ether oxygens (including phenoxy) is 1. The van der Waals surface area contributed by atoms with Crippen LogP contribution in [-0.2, 0) is 6.54 Å². The van der Waals surface area contributed by atoms with Crippen molar-refractivity contribution in [3.63, 3.8) is 0 Å². The molecule has 1 heterocycles. The number of aromatic nitrogens is 1. The zero-order valence-electron chi connectivity index (χ0n) is 6.17. The second kappa shape index (κ2) is 3.55. The first kappa shape index (κ1) is 8.30. The Labute approximate surface area is 70.1 Å². The highest BCUT2D eigenvalue weighted by atomic mass is 35.5. The van der Waals surface area contributed by atoms with Crippen LogP contribution in [0.15, 0.2) is 12.3 Å². The smallest absolute Gasteiger partial charge is 0.232 e. The molecule has 0 bridgehead atoms. The van der Waals surface area contributed by atoms with Gasteiger partial charge in [0.25, 0.3) is 0 Å². The summed E-state index contributed by atoms with van der Waals surface area (Å²) in [7, 11) is 1.52. The van der Waals surface area contributed by atoms with Crippen molar-refractivity contribution in [2.75, 3.05) is 7.11 Å². The maximum Gasteiger partial charge on any atom is 0.232 e. The van der Waals surface area contributed by atoms with Crippen molar-refractivity contribution in [1.29, 1.82) is 0 Å². The molecule has 0 unspecified atom stereocenters. The SMILES string of the molecule is COc1nccc(CN)c1Cl. The van der Waals surface area contributed by atoms with Crippen LogP contribution in [0.25, 0.3) is 0 Å². The predicted octanol–water partition coefficient (Wildman–Crippen LogP) is 1.20. The van der Waals surface area contributed by atoms with Crippen LogP contribution >= 0.6 is 11.6 Å². The first-order valence-electron chi connectivity index (χ1n) is 3.17. The standard InChI is InChI=1S/C7H9ClN2O/c1-11-7-6(8)5(4-9)2-3-10-7/h2-3H,4,9H2,1H3. The van der Waals surface area contributed by atoms with Gasteiger partial charge in [-0.2, -0.15) is 0 Å². The fourth-order valence-electron chi connectivity index (χ4n) is 0.762. The number of rotatable bonds is 2. The minimum atomic E-state index is 0.401. The molecule has 0 amide bonds. The van der Waals surface area contributed by atoms with Crippen molar-refractivity contribution in [3.8, 4) is 5.88 Å². The molecule has 0 spiro atoms. The van der Waals surface area contributed by atoms with Gasteiger partial charge in [0.15, 0.2) is 0 Å². The molecule has 1 aromatic heterocycles. The van der Waals surface area contributed by atoms with Crippen LogP contribution < -0.4 is 10.5 Å². The molecule has 60 valence electrons. The van der Waals surface area contributed by atoms with Gasteiger partial charge in [0.2, 0.25) is 5.88 Å². The lowest BCUT2D eigenvalue weighted by molar-refractivity contribution is 0.397. The van der Waals surface area contributed by atoms with Crippen LogP contribution in [0.3, 0.4) is 0 Å². The van der Waals surface area contributed by atoms with Gasteiger partial charge in [0, 0.05) is 12.7 Å². The Kier molecular flexibility index (Phi) is 2.68. The number of methoxy groups -OCH3 is 1. The number of hydrogen-bond acceptors (Lipinski definition) is 3. The number of halogens is 1. The summed E-state index contributed by atoms with van der Waals surface area (Å²) in [6.45, 7) is 0.401. The Morgan fingerprint density at radius 3 is 3.00 bits per heavy atom. The highest BCUT2D eigenvalue weighted by Crippen LogP contribution is 2.24. The van der Waals surface area contributed by atoms with Gasteiger partial charge >= 0.3 is 0 Å². The van der Waals surface area contributed by atoms with E-state index in [1.54, 1.807) is 12.3 Å². The molecule has 4 heteroatoms. The lowest BCUT2D eigenvalue weighted by atomic mass is 10.3. The number of nitrogens with two attached hydrogens (primary N) is 1. The van der Waals surface area contributed by atoms with E-state index in [0.717, 1.165) is 5.56 Å². The molecule has 11 heavy (non-hydrogen) atoms. The number of hydrogen-bond donors (Lipinski definition) is 1. The van der Waals surface area contributed by atoms with Gasteiger partial charge in [0.1, 0.15) is 5.02 Å². The minimum Gasteiger partial charge on any atom is -0.480 e. The first-order valence-corrected chi connectivity index (χ1v) is 3.54.